The van der Waals surface area contributed by atoms with Crippen LogP contribution in [-0.2, 0) is 10.3 Å². The first kappa shape index (κ1) is 19.5. The van der Waals surface area contributed by atoms with Crippen LogP contribution in [0.5, 0.6) is 0 Å². The van der Waals surface area contributed by atoms with Crippen molar-refractivity contribution in [3.8, 4) is 11.1 Å². The van der Waals surface area contributed by atoms with Gasteiger partial charge in [0, 0.05) is 10.3 Å². The van der Waals surface area contributed by atoms with E-state index in [2.05, 4.69) is 120 Å². The Kier molecular flexibility index (Phi) is 4.42. The van der Waals surface area contributed by atoms with Crippen molar-refractivity contribution in [2.24, 2.45) is 0 Å². The minimum Gasteiger partial charge on any atom is -0.0622 e. The maximum Gasteiger partial charge on any atom is 0.0153 e. The first-order valence-corrected chi connectivity index (χ1v) is 12.2. The van der Waals surface area contributed by atoms with Crippen molar-refractivity contribution in [2.75, 3.05) is 0 Å². The lowest BCUT2D eigenvalue weighted by molar-refractivity contribution is 0.679. The number of hydrogen-bond acceptors (Lipinski definition) is 0. The van der Waals surface area contributed by atoms with E-state index in [1.54, 1.807) is 0 Å². The molecular weight excluding hydrogens is 379 g/mol. The topological polar surface area (TPSA) is 0 Å². The van der Waals surface area contributed by atoms with Crippen LogP contribution in [-0.4, -0.2) is 0 Å². The quantitative estimate of drug-likeness (QED) is 0.294. The van der Waals surface area contributed by atoms with Gasteiger partial charge in [-0.15, -0.1) is 0 Å². The third-order valence-corrected chi connectivity index (χ3v) is 10.5. The molecule has 1 aliphatic rings. The van der Waals surface area contributed by atoms with Crippen LogP contribution < -0.4 is 5.30 Å². The Labute approximate surface area is 181 Å². The van der Waals surface area contributed by atoms with Crippen LogP contribution >= 0.6 is 7.92 Å². The lowest BCUT2D eigenvalue weighted by Crippen LogP contribution is -2.36. The Morgan fingerprint density at radius 1 is 0.600 bits per heavy atom. The molecule has 0 spiro atoms. The number of benzene rings is 4. The van der Waals surface area contributed by atoms with Gasteiger partial charge >= 0.3 is 0 Å². The standard InChI is InChI=1S/C29H29P/c1-20-18-19-25-27-22(20)15-11-16-24(27)28(2,3)30(29(25,4)5)26-17-10-9-14-23(26)21-12-7-6-8-13-21/h6-19H,1-5H3. The first-order valence-electron chi connectivity index (χ1n) is 10.8. The van der Waals surface area contributed by atoms with Gasteiger partial charge in [-0.3, -0.25) is 0 Å². The molecule has 4 aromatic rings. The third-order valence-electron chi connectivity index (χ3n) is 6.92. The Hall–Kier alpha value is -2.43. The number of aryl methyl sites for hydroxylation is 1. The third kappa shape index (κ3) is 2.70. The SMILES string of the molecule is Cc1ccc2c3c(cccc13)C(C)(C)P(c1ccccc1-c1ccccc1)C2(C)C. The second kappa shape index (κ2) is 6.79. The fraction of sp³-hybridized carbons (Fsp3) is 0.241. The van der Waals surface area contributed by atoms with Crippen molar-refractivity contribution in [1.29, 1.82) is 0 Å². The monoisotopic (exact) mass is 408 g/mol. The number of hydrogen-bond donors (Lipinski definition) is 0. The van der Waals surface area contributed by atoms with Gasteiger partial charge in [0.2, 0.25) is 0 Å². The molecule has 0 saturated carbocycles. The molecule has 1 unspecified atom stereocenters. The second-order valence-electron chi connectivity index (χ2n) is 9.49. The molecule has 5 rings (SSSR count). The van der Waals surface area contributed by atoms with Gasteiger partial charge in [-0.2, -0.15) is 0 Å². The van der Waals surface area contributed by atoms with Gasteiger partial charge in [0.25, 0.3) is 0 Å². The highest BCUT2D eigenvalue weighted by atomic mass is 31.1. The molecule has 30 heavy (non-hydrogen) atoms. The molecule has 0 aromatic heterocycles. The Morgan fingerprint density at radius 2 is 1.23 bits per heavy atom. The summed E-state index contributed by atoms with van der Waals surface area (Å²) in [5, 5.41) is 4.56. The zero-order chi connectivity index (χ0) is 21.1. The van der Waals surface area contributed by atoms with Crippen molar-refractivity contribution in [1.82, 2.24) is 0 Å². The van der Waals surface area contributed by atoms with Gasteiger partial charge in [-0.25, -0.2) is 0 Å². The summed E-state index contributed by atoms with van der Waals surface area (Å²) in [6.45, 7) is 12.1. The zero-order valence-electron chi connectivity index (χ0n) is 18.5. The lowest BCUT2D eigenvalue weighted by atomic mass is 9.85. The van der Waals surface area contributed by atoms with E-state index in [4.69, 9.17) is 0 Å². The van der Waals surface area contributed by atoms with Crippen LogP contribution in [0, 0.1) is 6.92 Å². The molecule has 1 aliphatic heterocycles. The highest BCUT2D eigenvalue weighted by Crippen LogP contribution is 2.71. The van der Waals surface area contributed by atoms with Crippen LogP contribution in [0.4, 0.5) is 0 Å². The van der Waals surface area contributed by atoms with Crippen LogP contribution in [0.2, 0.25) is 0 Å². The van der Waals surface area contributed by atoms with Crippen LogP contribution in [0.1, 0.15) is 44.4 Å². The fourth-order valence-corrected chi connectivity index (χ4v) is 9.78. The summed E-state index contributed by atoms with van der Waals surface area (Å²) in [5.74, 6) is 0. The minimum absolute atomic E-state index is 0.0734. The summed E-state index contributed by atoms with van der Waals surface area (Å²) in [7, 11) is -0.520. The molecule has 4 aromatic carbocycles. The molecule has 0 saturated heterocycles. The van der Waals surface area contributed by atoms with Gasteiger partial charge in [-0.1, -0.05) is 121 Å². The average Bonchev–Trinajstić information content (AvgIpc) is 2.73. The van der Waals surface area contributed by atoms with E-state index in [1.165, 1.54) is 43.9 Å². The predicted octanol–water partition coefficient (Wildman–Crippen LogP) is 8.11. The fourth-order valence-electron chi connectivity index (χ4n) is 5.64. The average molecular weight is 409 g/mol. The van der Waals surface area contributed by atoms with Crippen LogP contribution in [0.3, 0.4) is 0 Å². The van der Waals surface area contributed by atoms with Gasteiger partial charge in [0.1, 0.15) is 0 Å². The Morgan fingerprint density at radius 3 is 1.97 bits per heavy atom. The summed E-state index contributed by atoms with van der Waals surface area (Å²) < 4.78 is 0. The summed E-state index contributed by atoms with van der Waals surface area (Å²) in [6, 6.07) is 31.6. The van der Waals surface area contributed by atoms with E-state index in [9.17, 15) is 0 Å². The van der Waals surface area contributed by atoms with Crippen LogP contribution in [0.25, 0.3) is 21.9 Å². The van der Waals surface area contributed by atoms with Crippen molar-refractivity contribution in [3.63, 3.8) is 0 Å². The molecule has 1 atom stereocenters. The summed E-state index contributed by atoms with van der Waals surface area (Å²) in [4.78, 5) is 0. The molecule has 1 heterocycles. The maximum atomic E-state index is 2.47. The summed E-state index contributed by atoms with van der Waals surface area (Å²) >= 11 is 0. The molecule has 0 fully saturated rings. The maximum absolute atomic E-state index is 2.47. The molecule has 0 nitrogen and oxygen atoms in total. The molecule has 0 N–H and O–H groups in total. The van der Waals surface area contributed by atoms with Gasteiger partial charge in [-0.05, 0) is 50.8 Å². The number of rotatable bonds is 2. The van der Waals surface area contributed by atoms with Crippen molar-refractivity contribution in [2.45, 2.75) is 44.9 Å². The molecule has 1 heteroatoms. The van der Waals surface area contributed by atoms with E-state index in [-0.39, 0.29) is 10.3 Å². The molecule has 0 radical (unpaired) electrons. The highest BCUT2D eigenvalue weighted by Gasteiger charge is 2.49. The first-order chi connectivity index (χ1) is 14.3. The van der Waals surface area contributed by atoms with E-state index < -0.39 is 7.92 Å². The van der Waals surface area contributed by atoms with Gasteiger partial charge in [0.05, 0.1) is 0 Å². The van der Waals surface area contributed by atoms with Gasteiger partial charge < -0.3 is 0 Å². The Bertz CT molecular complexity index is 1230. The van der Waals surface area contributed by atoms with Crippen molar-refractivity contribution >= 4 is 24.0 Å². The molecule has 0 aliphatic carbocycles. The summed E-state index contributed by atoms with van der Waals surface area (Å²) in [5.41, 5.74) is 7.08. The lowest BCUT2D eigenvalue weighted by Gasteiger charge is -2.51. The Balaban J connectivity index is 1.83. The molecule has 0 bridgehead atoms. The largest absolute Gasteiger partial charge is 0.0622 e. The smallest absolute Gasteiger partial charge is 0.0153 e. The van der Waals surface area contributed by atoms with E-state index >= 15 is 0 Å². The van der Waals surface area contributed by atoms with Crippen molar-refractivity contribution in [3.05, 3.63) is 102 Å². The van der Waals surface area contributed by atoms with Crippen molar-refractivity contribution < 1.29 is 0 Å². The molecule has 150 valence electrons. The highest BCUT2D eigenvalue weighted by molar-refractivity contribution is 7.68. The molecular formula is C29H29P. The normalized spacial score (nSPS) is 19.0. The second-order valence-corrected chi connectivity index (χ2v) is 12.9. The van der Waals surface area contributed by atoms with Crippen LogP contribution in [0.15, 0.2) is 84.9 Å². The summed E-state index contributed by atoms with van der Waals surface area (Å²) in [6.07, 6.45) is 0. The predicted molar refractivity (Wildman–Crippen MR) is 133 cm³/mol. The van der Waals surface area contributed by atoms with E-state index in [0.717, 1.165) is 0 Å². The van der Waals surface area contributed by atoms with E-state index in [0.29, 0.717) is 0 Å². The van der Waals surface area contributed by atoms with E-state index in [1.807, 2.05) is 0 Å². The molecule has 0 amide bonds. The minimum atomic E-state index is -0.520. The van der Waals surface area contributed by atoms with Gasteiger partial charge in [0.15, 0.2) is 0 Å². The zero-order valence-corrected chi connectivity index (χ0v) is 19.4.